The average Bonchev–Trinajstić information content (AvgIpc) is 2.49. The van der Waals surface area contributed by atoms with Crippen molar-refractivity contribution in [3.8, 4) is 0 Å². The van der Waals surface area contributed by atoms with Gasteiger partial charge >= 0.3 is 0 Å². The van der Waals surface area contributed by atoms with Crippen LogP contribution in [0.4, 0.5) is 5.69 Å². The lowest BCUT2D eigenvalue weighted by Crippen LogP contribution is -2.33. The summed E-state index contributed by atoms with van der Waals surface area (Å²) >= 11 is 3.30. The van der Waals surface area contributed by atoms with Crippen molar-refractivity contribution in [1.29, 1.82) is 0 Å². The molecule has 4 heteroatoms. The maximum absolute atomic E-state index is 12.4. The van der Waals surface area contributed by atoms with Crippen molar-refractivity contribution < 1.29 is 4.79 Å². The van der Waals surface area contributed by atoms with E-state index in [1.807, 2.05) is 12.1 Å². The van der Waals surface area contributed by atoms with E-state index >= 15 is 0 Å². The number of nitrogens with one attached hydrogen (secondary N) is 1. The van der Waals surface area contributed by atoms with E-state index in [1.165, 1.54) is 32.1 Å². The first-order chi connectivity index (χ1) is 9.72. The molecular weight excluding hydrogens is 316 g/mol. The standard InChI is InChI=1S/C16H21BrN2O/c17-15-8-7-14(10-18-15)19-16(20)13-6-5-11-3-1-2-4-12(11)9-13/h7-8,10-13H,1-6,9H2,(H,19,20). The Bertz CT molecular complexity index is 474. The summed E-state index contributed by atoms with van der Waals surface area (Å²) in [6, 6.07) is 3.74. The molecule has 2 saturated carbocycles. The molecule has 0 bridgehead atoms. The number of halogens is 1. The summed E-state index contributed by atoms with van der Waals surface area (Å²) in [6.07, 6.45) is 10.5. The van der Waals surface area contributed by atoms with Crippen molar-refractivity contribution in [2.45, 2.75) is 44.9 Å². The van der Waals surface area contributed by atoms with Crippen LogP contribution in [-0.4, -0.2) is 10.9 Å². The van der Waals surface area contributed by atoms with Gasteiger partial charge in [-0.1, -0.05) is 25.7 Å². The second kappa shape index (κ2) is 6.25. The van der Waals surface area contributed by atoms with Crippen LogP contribution >= 0.6 is 15.9 Å². The Hall–Kier alpha value is -0.900. The number of anilines is 1. The molecule has 1 heterocycles. The van der Waals surface area contributed by atoms with Gasteiger partial charge < -0.3 is 5.32 Å². The van der Waals surface area contributed by atoms with Gasteiger partial charge in [0.05, 0.1) is 11.9 Å². The number of carbonyl (C=O) groups is 1. The predicted octanol–water partition coefficient (Wildman–Crippen LogP) is 4.39. The van der Waals surface area contributed by atoms with Crippen LogP contribution in [0.25, 0.3) is 0 Å². The van der Waals surface area contributed by atoms with E-state index in [-0.39, 0.29) is 11.8 Å². The summed E-state index contributed by atoms with van der Waals surface area (Å²) in [4.78, 5) is 16.5. The maximum Gasteiger partial charge on any atom is 0.227 e. The van der Waals surface area contributed by atoms with Crippen LogP contribution in [0.1, 0.15) is 44.9 Å². The highest BCUT2D eigenvalue weighted by Crippen LogP contribution is 2.42. The van der Waals surface area contributed by atoms with Gasteiger partial charge in [0.15, 0.2) is 0 Å². The number of amides is 1. The van der Waals surface area contributed by atoms with Crippen LogP contribution in [0.5, 0.6) is 0 Å². The summed E-state index contributed by atoms with van der Waals surface area (Å²) < 4.78 is 0.790. The lowest BCUT2D eigenvalue weighted by Gasteiger charge is -2.38. The van der Waals surface area contributed by atoms with Crippen LogP contribution in [0.2, 0.25) is 0 Å². The first kappa shape index (κ1) is 14.1. The number of fused-ring (bicyclic) bond motifs is 1. The number of pyridine rings is 1. The monoisotopic (exact) mass is 336 g/mol. The molecule has 3 nitrogen and oxygen atoms in total. The highest BCUT2D eigenvalue weighted by Gasteiger charge is 2.34. The fraction of sp³-hybridized carbons (Fsp3) is 0.625. The maximum atomic E-state index is 12.4. The molecule has 1 amide bonds. The van der Waals surface area contributed by atoms with E-state index < -0.39 is 0 Å². The Balaban J connectivity index is 1.58. The van der Waals surface area contributed by atoms with Gasteiger partial charge in [-0.25, -0.2) is 4.98 Å². The summed E-state index contributed by atoms with van der Waals surface area (Å²) in [6.45, 7) is 0. The summed E-state index contributed by atoms with van der Waals surface area (Å²) in [5.41, 5.74) is 0.795. The quantitative estimate of drug-likeness (QED) is 0.814. The van der Waals surface area contributed by atoms with Gasteiger partial charge in [0.1, 0.15) is 4.60 Å². The second-order valence-corrected chi connectivity index (χ2v) is 6.99. The van der Waals surface area contributed by atoms with Crippen LogP contribution in [0.3, 0.4) is 0 Å². The van der Waals surface area contributed by atoms with Crippen LogP contribution in [-0.2, 0) is 4.79 Å². The van der Waals surface area contributed by atoms with Crippen molar-refractivity contribution in [2.75, 3.05) is 5.32 Å². The molecule has 2 fully saturated rings. The predicted molar refractivity (Wildman–Crippen MR) is 83.4 cm³/mol. The minimum atomic E-state index is 0.179. The van der Waals surface area contributed by atoms with Gasteiger partial charge in [0.2, 0.25) is 5.91 Å². The Morgan fingerprint density at radius 1 is 1.15 bits per heavy atom. The van der Waals surface area contributed by atoms with E-state index in [9.17, 15) is 4.79 Å². The highest BCUT2D eigenvalue weighted by atomic mass is 79.9. The summed E-state index contributed by atoms with van der Waals surface area (Å²) in [7, 11) is 0. The molecule has 1 N–H and O–H groups in total. The first-order valence-corrected chi connectivity index (χ1v) is 8.44. The second-order valence-electron chi connectivity index (χ2n) is 6.17. The van der Waals surface area contributed by atoms with Crippen LogP contribution in [0.15, 0.2) is 22.9 Å². The summed E-state index contributed by atoms with van der Waals surface area (Å²) in [5, 5.41) is 3.01. The zero-order valence-corrected chi connectivity index (χ0v) is 13.2. The molecule has 0 aliphatic heterocycles. The van der Waals surface area contributed by atoms with E-state index in [0.717, 1.165) is 35.0 Å². The van der Waals surface area contributed by atoms with Gasteiger partial charge in [-0.15, -0.1) is 0 Å². The van der Waals surface area contributed by atoms with E-state index in [4.69, 9.17) is 0 Å². The Morgan fingerprint density at radius 2 is 1.95 bits per heavy atom. The minimum absolute atomic E-state index is 0.179. The van der Waals surface area contributed by atoms with Gasteiger partial charge in [-0.05, 0) is 59.2 Å². The minimum Gasteiger partial charge on any atom is -0.324 e. The average molecular weight is 337 g/mol. The van der Waals surface area contributed by atoms with Gasteiger partial charge in [0, 0.05) is 5.92 Å². The molecule has 0 aromatic carbocycles. The zero-order chi connectivity index (χ0) is 13.9. The third kappa shape index (κ3) is 3.22. The van der Waals surface area contributed by atoms with Crippen molar-refractivity contribution in [3.05, 3.63) is 22.9 Å². The van der Waals surface area contributed by atoms with E-state index in [0.29, 0.717) is 0 Å². The van der Waals surface area contributed by atoms with Crippen LogP contribution in [0, 0.1) is 17.8 Å². The molecule has 3 unspecified atom stereocenters. The van der Waals surface area contributed by atoms with Crippen molar-refractivity contribution >= 4 is 27.5 Å². The van der Waals surface area contributed by atoms with Gasteiger partial charge in [0.25, 0.3) is 0 Å². The molecule has 2 aliphatic rings. The molecule has 0 spiro atoms. The molecule has 0 saturated heterocycles. The van der Waals surface area contributed by atoms with E-state index in [2.05, 4.69) is 26.2 Å². The van der Waals surface area contributed by atoms with Gasteiger partial charge in [-0.3, -0.25) is 4.79 Å². The first-order valence-electron chi connectivity index (χ1n) is 7.65. The summed E-state index contributed by atoms with van der Waals surface area (Å²) in [5.74, 6) is 2.05. The smallest absolute Gasteiger partial charge is 0.227 e. The third-order valence-electron chi connectivity index (χ3n) is 4.91. The normalized spacial score (nSPS) is 29.6. The third-order valence-corrected chi connectivity index (χ3v) is 5.37. The topological polar surface area (TPSA) is 42.0 Å². The SMILES string of the molecule is O=C(Nc1ccc(Br)nc1)C1CCC2CCCCC2C1. The number of aromatic nitrogens is 1. The number of nitrogens with zero attached hydrogens (tertiary/aromatic N) is 1. The number of rotatable bonds is 2. The van der Waals surface area contributed by atoms with Crippen LogP contribution < -0.4 is 5.32 Å². The highest BCUT2D eigenvalue weighted by molar-refractivity contribution is 9.10. The number of hydrogen-bond donors (Lipinski definition) is 1. The molecule has 3 atom stereocenters. The number of carbonyl (C=O) groups excluding carboxylic acids is 1. The Labute approximate surface area is 128 Å². The Kier molecular flexibility index (Phi) is 4.39. The van der Waals surface area contributed by atoms with Gasteiger partial charge in [-0.2, -0.15) is 0 Å². The lowest BCUT2D eigenvalue weighted by atomic mass is 9.67. The largest absolute Gasteiger partial charge is 0.324 e. The molecular formula is C16H21BrN2O. The molecule has 3 rings (SSSR count). The fourth-order valence-electron chi connectivity index (χ4n) is 3.81. The molecule has 1 aromatic rings. The zero-order valence-electron chi connectivity index (χ0n) is 11.6. The molecule has 1 aromatic heterocycles. The van der Waals surface area contributed by atoms with Crippen molar-refractivity contribution in [2.24, 2.45) is 17.8 Å². The molecule has 2 aliphatic carbocycles. The molecule has 108 valence electrons. The fourth-order valence-corrected chi connectivity index (χ4v) is 4.04. The molecule has 0 radical (unpaired) electrons. The van der Waals surface area contributed by atoms with Crippen molar-refractivity contribution in [1.82, 2.24) is 4.98 Å². The number of hydrogen-bond acceptors (Lipinski definition) is 2. The van der Waals surface area contributed by atoms with E-state index in [1.54, 1.807) is 6.20 Å². The molecule has 20 heavy (non-hydrogen) atoms. The Morgan fingerprint density at radius 3 is 2.70 bits per heavy atom. The van der Waals surface area contributed by atoms with Crippen molar-refractivity contribution in [3.63, 3.8) is 0 Å². The lowest BCUT2D eigenvalue weighted by molar-refractivity contribution is -0.122.